The second kappa shape index (κ2) is 16.9. The molecular formula is C49H51BNO4P. The Morgan fingerprint density at radius 3 is 1.54 bits per heavy atom. The van der Waals surface area contributed by atoms with Gasteiger partial charge in [-0.05, 0) is 27.7 Å². The van der Waals surface area contributed by atoms with Crippen LogP contribution in [0.1, 0.15) is 44.4 Å². The first-order valence-electron chi connectivity index (χ1n) is 19.3. The van der Waals surface area contributed by atoms with E-state index in [-0.39, 0.29) is 0 Å². The summed E-state index contributed by atoms with van der Waals surface area (Å²) in [5.74, 6) is 1.43. The van der Waals surface area contributed by atoms with Crippen LogP contribution < -0.4 is 36.2 Å². The third kappa shape index (κ3) is 8.03. The van der Waals surface area contributed by atoms with Gasteiger partial charge in [0.15, 0.2) is 0 Å². The zero-order valence-electron chi connectivity index (χ0n) is 32.8. The van der Waals surface area contributed by atoms with E-state index >= 15 is 0 Å². The topological polar surface area (TPSA) is 49.0 Å². The van der Waals surface area contributed by atoms with E-state index in [9.17, 15) is 0 Å². The van der Waals surface area contributed by atoms with Crippen LogP contribution in [0.5, 0.6) is 11.5 Å². The molecule has 0 atom stereocenters. The number of nitrogens with one attached hydrogen (secondary N) is 1. The molecule has 1 heterocycles. The molecule has 7 rings (SSSR count). The molecule has 0 unspecified atom stereocenters. The van der Waals surface area contributed by atoms with Gasteiger partial charge in [0.25, 0.3) is 0 Å². The Morgan fingerprint density at radius 1 is 0.589 bits per heavy atom. The summed E-state index contributed by atoms with van der Waals surface area (Å²) in [6.07, 6.45) is 5.27. The Bertz CT molecular complexity index is 2160. The number of rotatable bonds is 15. The fraction of sp³-hybridized carbons (Fsp3) is 0.184. The van der Waals surface area contributed by atoms with Gasteiger partial charge >= 0.3 is 296 Å². The van der Waals surface area contributed by atoms with Crippen LogP contribution in [0.25, 0.3) is 11.1 Å². The molecule has 56 heavy (non-hydrogen) atoms. The van der Waals surface area contributed by atoms with Gasteiger partial charge in [-0.15, -0.1) is 0 Å². The van der Waals surface area contributed by atoms with Crippen molar-refractivity contribution in [3.05, 3.63) is 194 Å². The average Bonchev–Trinajstić information content (AvgIpc) is 3.45. The van der Waals surface area contributed by atoms with Crippen LogP contribution >= 0.6 is 7.41 Å². The molecule has 1 fully saturated rings. The van der Waals surface area contributed by atoms with Gasteiger partial charge in [0.1, 0.15) is 0 Å². The summed E-state index contributed by atoms with van der Waals surface area (Å²) in [4.78, 5) is 6.97. The minimum atomic E-state index is -2.95. The summed E-state index contributed by atoms with van der Waals surface area (Å²) in [6.45, 7) is 16.7. The summed E-state index contributed by atoms with van der Waals surface area (Å²) in [7, 11) is -3.45. The first kappa shape index (κ1) is 39.0. The van der Waals surface area contributed by atoms with Crippen molar-refractivity contribution in [2.24, 2.45) is 0 Å². The van der Waals surface area contributed by atoms with Gasteiger partial charge in [0.05, 0.1) is 11.2 Å². The van der Waals surface area contributed by atoms with Crippen molar-refractivity contribution < 1.29 is 18.9 Å². The molecule has 1 aliphatic heterocycles. The van der Waals surface area contributed by atoms with Crippen molar-refractivity contribution >= 4 is 35.9 Å². The molecule has 0 aromatic heterocycles. The number of allylic oxidation sites excluding steroid dienone is 2. The standard InChI is InChI=1S/C49H51BNO4P/c1-7-20-37-30-32-46(52-36-39-22-18-19-29-45(39)50-54-48(3,4)49(5,6)55-50)43(34-37)44-35-38(21-8-2)31-33-47(44)53-51-56(40-23-12-9-13-24-40,41-25-14-10-15-26-41)42-27-16-11-17-28-42/h7-19,22-35,51,56H,1-2,20-21,36H2,3-6H3. The molecule has 0 bridgehead atoms. The molecule has 1 aliphatic rings. The van der Waals surface area contributed by atoms with Crippen LogP contribution in [0, 0.1) is 0 Å². The van der Waals surface area contributed by atoms with Gasteiger partial charge in [0, 0.05) is 0 Å². The first-order valence-corrected chi connectivity index (χ1v) is 21.3. The quantitative estimate of drug-likeness (QED) is 0.0490. The van der Waals surface area contributed by atoms with Crippen molar-refractivity contribution in [1.29, 1.82) is 0 Å². The van der Waals surface area contributed by atoms with E-state index in [1.807, 2.05) is 24.3 Å². The van der Waals surface area contributed by atoms with Gasteiger partial charge in [-0.25, -0.2) is 0 Å². The van der Waals surface area contributed by atoms with Gasteiger partial charge in [-0.3, -0.25) is 0 Å². The van der Waals surface area contributed by atoms with Gasteiger partial charge in [-0.1, -0.05) is 0 Å². The molecule has 1 N–H and O–H groups in total. The van der Waals surface area contributed by atoms with Crippen LogP contribution in [0.3, 0.4) is 0 Å². The van der Waals surface area contributed by atoms with Crippen LogP contribution in [0.4, 0.5) is 0 Å². The predicted octanol–water partition coefficient (Wildman–Crippen LogP) is 9.21. The summed E-state index contributed by atoms with van der Waals surface area (Å²) in [6, 6.07) is 52.8. The van der Waals surface area contributed by atoms with E-state index in [0.29, 0.717) is 25.2 Å². The van der Waals surface area contributed by atoms with Crippen LogP contribution in [0.15, 0.2) is 177 Å². The van der Waals surface area contributed by atoms with E-state index in [4.69, 9.17) is 18.9 Å². The predicted molar refractivity (Wildman–Crippen MR) is 236 cm³/mol. The number of hydrogen-bond donors (Lipinski definition) is 1. The van der Waals surface area contributed by atoms with Crippen LogP contribution in [-0.2, 0) is 28.8 Å². The molecule has 0 amide bonds. The Balaban J connectivity index is 1.30. The Labute approximate surface area is 333 Å². The zero-order chi connectivity index (χ0) is 39.2. The molecule has 7 heteroatoms. The summed E-state index contributed by atoms with van der Waals surface area (Å²) in [5.41, 5.74) is 5.11. The van der Waals surface area contributed by atoms with Crippen LogP contribution in [0.2, 0.25) is 0 Å². The number of benzene rings is 6. The van der Waals surface area contributed by atoms with E-state index in [0.717, 1.165) is 39.0 Å². The maximum absolute atomic E-state index is 6.97. The molecular weight excluding hydrogens is 708 g/mol. The van der Waals surface area contributed by atoms with Crippen molar-refractivity contribution in [2.45, 2.75) is 58.3 Å². The van der Waals surface area contributed by atoms with Gasteiger partial charge < -0.3 is 0 Å². The zero-order valence-corrected chi connectivity index (χ0v) is 33.8. The van der Waals surface area contributed by atoms with E-state index in [1.54, 1.807) is 0 Å². The number of hydrogen-bond acceptors (Lipinski definition) is 5. The molecule has 6 aromatic carbocycles. The second-order valence-corrected chi connectivity index (χ2v) is 18.7. The molecule has 284 valence electrons. The minimum absolute atomic E-state index is 0.320. The van der Waals surface area contributed by atoms with Gasteiger partial charge in [-0.2, -0.15) is 0 Å². The molecule has 1 saturated heterocycles. The molecule has 5 nitrogen and oxygen atoms in total. The second-order valence-electron chi connectivity index (χ2n) is 15.3. The summed E-state index contributed by atoms with van der Waals surface area (Å²) >= 11 is 0. The molecule has 0 radical (unpaired) electrons. The van der Waals surface area contributed by atoms with Crippen molar-refractivity contribution in [2.75, 3.05) is 0 Å². The first-order chi connectivity index (χ1) is 27.1. The SMILES string of the molecule is C=CCc1ccc(OCc2ccccc2B2OC(C)(C)C(C)(C)O2)c(-c2cc(CC=C)ccc2ON[PH](c2ccccc2)(c2ccccc2)c2ccccc2)c1. The summed E-state index contributed by atoms with van der Waals surface area (Å²) in [5, 5.41) is 7.30. The maximum atomic E-state index is 6.97. The number of ether oxygens (including phenoxy) is 1. The Morgan fingerprint density at radius 2 is 1.04 bits per heavy atom. The monoisotopic (exact) mass is 759 g/mol. The summed E-state index contributed by atoms with van der Waals surface area (Å²) < 4.78 is 19.7. The average molecular weight is 760 g/mol. The Hall–Kier alpha value is -5.23. The van der Waals surface area contributed by atoms with E-state index < -0.39 is 25.7 Å². The third-order valence-electron chi connectivity index (χ3n) is 11.0. The van der Waals surface area contributed by atoms with Crippen molar-refractivity contribution in [3.8, 4) is 22.6 Å². The third-order valence-corrected chi connectivity index (χ3v) is 15.0. The van der Waals surface area contributed by atoms with Crippen molar-refractivity contribution in [3.63, 3.8) is 0 Å². The fourth-order valence-electron chi connectivity index (χ4n) is 7.27. The Kier molecular flexibility index (Phi) is 11.8. The fourth-order valence-corrected chi connectivity index (χ4v) is 11.0. The molecule has 0 aliphatic carbocycles. The normalized spacial score (nSPS) is 14.9. The molecule has 0 spiro atoms. The van der Waals surface area contributed by atoms with Crippen LogP contribution in [-0.4, -0.2) is 18.3 Å². The van der Waals surface area contributed by atoms with Crippen molar-refractivity contribution in [1.82, 2.24) is 5.25 Å². The van der Waals surface area contributed by atoms with E-state index in [2.05, 4.69) is 186 Å². The van der Waals surface area contributed by atoms with Gasteiger partial charge in [0.2, 0.25) is 0 Å². The molecule has 0 saturated carbocycles. The molecule has 6 aromatic rings. The van der Waals surface area contributed by atoms with E-state index in [1.165, 1.54) is 15.9 Å².